The number of halogens is 2. The molecule has 3 rings (SSSR count). The van der Waals surface area contributed by atoms with Gasteiger partial charge >= 0.3 is 0 Å². The van der Waals surface area contributed by atoms with E-state index in [1.54, 1.807) is 12.1 Å². The predicted octanol–water partition coefficient (Wildman–Crippen LogP) is 5.08. The molecule has 1 N–H and O–H groups in total. The van der Waals surface area contributed by atoms with Gasteiger partial charge in [0.1, 0.15) is 6.04 Å². The SMILES string of the molecule is Cc1ccccc1NC(=O)C(c1ccc(Cl)cc1Cl)N1CCCC1. The molecule has 1 heterocycles. The Bertz CT molecular complexity index is 742. The Hall–Kier alpha value is -1.55. The average Bonchev–Trinajstić information content (AvgIpc) is 3.06. The Morgan fingerprint density at radius 3 is 2.50 bits per heavy atom. The van der Waals surface area contributed by atoms with Crippen molar-refractivity contribution in [2.75, 3.05) is 18.4 Å². The molecule has 1 unspecified atom stereocenters. The number of nitrogens with one attached hydrogen (secondary N) is 1. The Labute approximate surface area is 152 Å². The van der Waals surface area contributed by atoms with Gasteiger partial charge in [-0.15, -0.1) is 0 Å². The number of amides is 1. The predicted molar refractivity (Wildman–Crippen MR) is 99.8 cm³/mol. The van der Waals surface area contributed by atoms with Gasteiger partial charge in [-0.3, -0.25) is 9.69 Å². The zero-order chi connectivity index (χ0) is 17.1. The number of para-hydroxylation sites is 1. The topological polar surface area (TPSA) is 32.3 Å². The zero-order valence-electron chi connectivity index (χ0n) is 13.6. The number of likely N-dealkylation sites (tertiary alicyclic amines) is 1. The van der Waals surface area contributed by atoms with Crippen LogP contribution in [0, 0.1) is 6.92 Å². The van der Waals surface area contributed by atoms with Crippen LogP contribution in [0.5, 0.6) is 0 Å². The van der Waals surface area contributed by atoms with Crippen LogP contribution in [0.3, 0.4) is 0 Å². The van der Waals surface area contributed by atoms with Crippen LogP contribution in [-0.2, 0) is 4.79 Å². The number of aryl methyl sites for hydroxylation is 1. The zero-order valence-corrected chi connectivity index (χ0v) is 15.1. The molecule has 5 heteroatoms. The van der Waals surface area contributed by atoms with Gasteiger partial charge in [-0.1, -0.05) is 47.5 Å². The van der Waals surface area contributed by atoms with Crippen LogP contribution in [0.25, 0.3) is 0 Å². The molecule has 0 aromatic heterocycles. The van der Waals surface area contributed by atoms with E-state index in [0.29, 0.717) is 10.0 Å². The number of nitrogens with zero attached hydrogens (tertiary/aromatic N) is 1. The van der Waals surface area contributed by atoms with E-state index in [1.807, 2.05) is 37.3 Å². The van der Waals surface area contributed by atoms with E-state index < -0.39 is 6.04 Å². The third-order valence-corrected chi connectivity index (χ3v) is 4.98. The summed E-state index contributed by atoms with van der Waals surface area (Å²) in [5, 5.41) is 4.15. The van der Waals surface area contributed by atoms with Crippen molar-refractivity contribution in [3.63, 3.8) is 0 Å². The molecule has 0 aliphatic carbocycles. The molecule has 2 aromatic rings. The Balaban J connectivity index is 1.92. The van der Waals surface area contributed by atoms with Crippen molar-refractivity contribution < 1.29 is 4.79 Å². The number of carbonyl (C=O) groups excluding carboxylic acids is 1. The number of benzene rings is 2. The summed E-state index contributed by atoms with van der Waals surface area (Å²) in [5.41, 5.74) is 2.67. The minimum absolute atomic E-state index is 0.0598. The van der Waals surface area contributed by atoms with Crippen molar-refractivity contribution in [1.82, 2.24) is 4.90 Å². The van der Waals surface area contributed by atoms with Crippen LogP contribution in [-0.4, -0.2) is 23.9 Å². The second-order valence-corrected chi connectivity index (χ2v) is 6.96. The van der Waals surface area contributed by atoms with Crippen LogP contribution >= 0.6 is 23.2 Å². The van der Waals surface area contributed by atoms with E-state index in [2.05, 4.69) is 10.2 Å². The molecule has 24 heavy (non-hydrogen) atoms. The van der Waals surface area contributed by atoms with Gasteiger partial charge in [-0.05, 0) is 62.2 Å². The highest BCUT2D eigenvalue weighted by atomic mass is 35.5. The van der Waals surface area contributed by atoms with E-state index in [-0.39, 0.29) is 5.91 Å². The number of hydrogen-bond donors (Lipinski definition) is 1. The molecule has 1 atom stereocenters. The van der Waals surface area contributed by atoms with E-state index in [1.165, 1.54) is 0 Å². The quantitative estimate of drug-likeness (QED) is 0.822. The molecule has 126 valence electrons. The number of anilines is 1. The first-order valence-electron chi connectivity index (χ1n) is 8.12. The molecule has 3 nitrogen and oxygen atoms in total. The summed E-state index contributed by atoms with van der Waals surface area (Å²) in [7, 11) is 0. The summed E-state index contributed by atoms with van der Waals surface area (Å²) in [6, 6.07) is 12.7. The molecule has 1 amide bonds. The van der Waals surface area contributed by atoms with Crippen molar-refractivity contribution >= 4 is 34.8 Å². The molecular weight excluding hydrogens is 343 g/mol. The fourth-order valence-electron chi connectivity index (χ4n) is 3.14. The first-order valence-corrected chi connectivity index (χ1v) is 8.87. The maximum absolute atomic E-state index is 13.0. The second-order valence-electron chi connectivity index (χ2n) is 6.12. The highest BCUT2D eigenvalue weighted by Gasteiger charge is 2.31. The van der Waals surface area contributed by atoms with Gasteiger partial charge in [0, 0.05) is 15.7 Å². The minimum Gasteiger partial charge on any atom is -0.324 e. The molecule has 1 aliphatic heterocycles. The van der Waals surface area contributed by atoms with Crippen molar-refractivity contribution in [2.24, 2.45) is 0 Å². The first kappa shape index (κ1) is 17.3. The van der Waals surface area contributed by atoms with Gasteiger partial charge in [-0.2, -0.15) is 0 Å². The van der Waals surface area contributed by atoms with Crippen LogP contribution in [0.2, 0.25) is 10.0 Å². The normalized spacial score (nSPS) is 16.1. The highest BCUT2D eigenvalue weighted by Crippen LogP contribution is 2.33. The Morgan fingerprint density at radius 2 is 1.83 bits per heavy atom. The van der Waals surface area contributed by atoms with Gasteiger partial charge in [0.25, 0.3) is 0 Å². The largest absolute Gasteiger partial charge is 0.324 e. The maximum Gasteiger partial charge on any atom is 0.246 e. The van der Waals surface area contributed by atoms with Crippen LogP contribution in [0.15, 0.2) is 42.5 Å². The summed E-state index contributed by atoms with van der Waals surface area (Å²) < 4.78 is 0. The maximum atomic E-state index is 13.0. The molecule has 1 aliphatic rings. The summed E-state index contributed by atoms with van der Waals surface area (Å²) in [4.78, 5) is 15.2. The lowest BCUT2D eigenvalue weighted by Crippen LogP contribution is -2.35. The summed E-state index contributed by atoms with van der Waals surface area (Å²) >= 11 is 12.4. The summed E-state index contributed by atoms with van der Waals surface area (Å²) in [6.45, 7) is 3.77. The number of rotatable bonds is 4. The molecule has 1 fully saturated rings. The monoisotopic (exact) mass is 362 g/mol. The first-order chi connectivity index (χ1) is 11.6. The summed E-state index contributed by atoms with van der Waals surface area (Å²) in [5.74, 6) is -0.0598. The van der Waals surface area contributed by atoms with E-state index >= 15 is 0 Å². The molecule has 1 saturated heterocycles. The Kier molecular flexibility index (Phi) is 5.44. The molecule has 0 spiro atoms. The van der Waals surface area contributed by atoms with Gasteiger partial charge in [0.15, 0.2) is 0 Å². The third-order valence-electron chi connectivity index (χ3n) is 4.41. The lowest BCUT2D eigenvalue weighted by Gasteiger charge is -2.28. The van der Waals surface area contributed by atoms with Gasteiger partial charge in [-0.25, -0.2) is 0 Å². The van der Waals surface area contributed by atoms with Crippen molar-refractivity contribution in [1.29, 1.82) is 0 Å². The molecule has 0 bridgehead atoms. The highest BCUT2D eigenvalue weighted by molar-refractivity contribution is 6.35. The van der Waals surface area contributed by atoms with Crippen molar-refractivity contribution in [3.05, 3.63) is 63.6 Å². The van der Waals surface area contributed by atoms with E-state index in [0.717, 1.165) is 42.7 Å². The fraction of sp³-hybridized carbons (Fsp3) is 0.316. The third kappa shape index (κ3) is 3.75. The van der Waals surface area contributed by atoms with Crippen molar-refractivity contribution in [2.45, 2.75) is 25.8 Å². The lowest BCUT2D eigenvalue weighted by atomic mass is 10.0. The van der Waals surface area contributed by atoms with E-state index in [9.17, 15) is 4.79 Å². The van der Waals surface area contributed by atoms with Crippen molar-refractivity contribution in [3.8, 4) is 0 Å². The second kappa shape index (κ2) is 7.56. The molecule has 0 radical (unpaired) electrons. The lowest BCUT2D eigenvalue weighted by molar-refractivity contribution is -0.121. The smallest absolute Gasteiger partial charge is 0.246 e. The molecule has 2 aromatic carbocycles. The number of carbonyl (C=O) groups is 1. The number of hydrogen-bond acceptors (Lipinski definition) is 2. The standard InChI is InChI=1S/C19H20Cl2N2O/c1-13-6-2-3-7-17(13)22-19(24)18(23-10-4-5-11-23)15-9-8-14(20)12-16(15)21/h2-3,6-9,12,18H,4-5,10-11H2,1H3,(H,22,24). The Morgan fingerprint density at radius 1 is 1.12 bits per heavy atom. The van der Waals surface area contributed by atoms with Gasteiger partial charge < -0.3 is 5.32 Å². The van der Waals surface area contributed by atoms with Gasteiger partial charge in [0.2, 0.25) is 5.91 Å². The van der Waals surface area contributed by atoms with E-state index in [4.69, 9.17) is 23.2 Å². The van der Waals surface area contributed by atoms with Gasteiger partial charge in [0.05, 0.1) is 0 Å². The minimum atomic E-state index is -0.406. The van der Waals surface area contributed by atoms with Crippen LogP contribution in [0.1, 0.15) is 30.0 Å². The van der Waals surface area contributed by atoms with Crippen LogP contribution in [0.4, 0.5) is 5.69 Å². The fourth-order valence-corrected chi connectivity index (χ4v) is 3.65. The summed E-state index contributed by atoms with van der Waals surface area (Å²) in [6.07, 6.45) is 2.19. The molecule has 0 saturated carbocycles. The molecular formula is C19H20Cl2N2O. The average molecular weight is 363 g/mol. The van der Waals surface area contributed by atoms with Crippen LogP contribution < -0.4 is 5.32 Å².